The summed E-state index contributed by atoms with van der Waals surface area (Å²) in [7, 11) is 0. The molecule has 2 atom stereocenters. The summed E-state index contributed by atoms with van der Waals surface area (Å²) in [4.78, 5) is 10.4. The van der Waals surface area contributed by atoms with E-state index in [1.54, 1.807) is 19.1 Å². The Labute approximate surface area is 129 Å². The molecule has 0 aliphatic heterocycles. The van der Waals surface area contributed by atoms with Gasteiger partial charge in [-0.15, -0.1) is 0 Å². The maximum Gasteiger partial charge on any atom is 0.399 e. The van der Waals surface area contributed by atoms with Crippen molar-refractivity contribution in [2.45, 2.75) is 37.8 Å². The molecule has 1 aromatic heterocycles. The first kappa shape index (κ1) is 15.5. The van der Waals surface area contributed by atoms with Crippen LogP contribution < -0.4 is 0 Å². The lowest BCUT2D eigenvalue weighted by molar-refractivity contribution is -0.386. The van der Waals surface area contributed by atoms with Crippen molar-refractivity contribution in [3.05, 3.63) is 57.0 Å². The molecule has 0 unspecified atom stereocenters. The zero-order valence-corrected chi connectivity index (χ0v) is 12.3. The summed E-state index contributed by atoms with van der Waals surface area (Å²) >= 11 is 0. The van der Waals surface area contributed by atoms with Crippen LogP contribution in [0.1, 0.15) is 34.9 Å². The Morgan fingerprint density at radius 1 is 1.30 bits per heavy atom. The Hall–Kier alpha value is -2.38. The van der Waals surface area contributed by atoms with Gasteiger partial charge in [-0.1, -0.05) is 35.0 Å². The molecule has 8 heteroatoms. The third-order valence-corrected chi connectivity index (χ3v) is 4.39. The summed E-state index contributed by atoms with van der Waals surface area (Å²) in [6, 6.07) is 6.02. The van der Waals surface area contributed by atoms with E-state index in [4.69, 9.17) is 4.52 Å². The van der Waals surface area contributed by atoms with Gasteiger partial charge < -0.3 is 4.52 Å². The van der Waals surface area contributed by atoms with Crippen LogP contribution in [0.5, 0.6) is 0 Å². The quantitative estimate of drug-likeness (QED) is 0.626. The molecule has 1 fully saturated rings. The maximum atomic E-state index is 13.7. The van der Waals surface area contributed by atoms with Gasteiger partial charge in [-0.25, -0.2) is 0 Å². The molecule has 0 bridgehead atoms. The summed E-state index contributed by atoms with van der Waals surface area (Å²) in [6.45, 7) is 3.12. The minimum Gasteiger partial charge on any atom is -0.353 e. The summed E-state index contributed by atoms with van der Waals surface area (Å²) in [5.41, 5.74) is -1.71. The number of aryl methyl sites for hydroxylation is 2. The molecule has 122 valence electrons. The maximum absolute atomic E-state index is 13.7. The van der Waals surface area contributed by atoms with Crippen molar-refractivity contribution in [2.75, 3.05) is 0 Å². The van der Waals surface area contributed by atoms with E-state index in [1.807, 2.05) is 0 Å². The molecule has 23 heavy (non-hydrogen) atoms. The zero-order chi connectivity index (χ0) is 17.0. The van der Waals surface area contributed by atoms with Gasteiger partial charge in [-0.3, -0.25) is 10.1 Å². The molecule has 0 amide bonds. The highest BCUT2D eigenvalue weighted by atomic mass is 19.4. The smallest absolute Gasteiger partial charge is 0.353 e. The molecule has 0 radical (unpaired) electrons. The number of benzene rings is 1. The average molecular weight is 326 g/mol. The second kappa shape index (κ2) is 4.81. The van der Waals surface area contributed by atoms with E-state index in [-0.39, 0.29) is 23.4 Å². The van der Waals surface area contributed by atoms with Gasteiger partial charge in [0, 0.05) is 5.92 Å². The highest BCUT2D eigenvalue weighted by molar-refractivity contribution is 5.50. The van der Waals surface area contributed by atoms with E-state index in [9.17, 15) is 23.3 Å². The van der Waals surface area contributed by atoms with Crippen molar-refractivity contribution in [2.24, 2.45) is 0 Å². The van der Waals surface area contributed by atoms with E-state index in [0.717, 1.165) is 5.56 Å². The molecule has 1 aliphatic rings. The number of rotatable bonds is 3. The molecule has 0 spiro atoms. The van der Waals surface area contributed by atoms with Gasteiger partial charge >= 0.3 is 11.9 Å². The summed E-state index contributed by atoms with van der Waals surface area (Å²) in [6.07, 6.45) is -4.82. The molecule has 1 heterocycles. The minimum absolute atomic E-state index is 0.0168. The number of alkyl halides is 3. The van der Waals surface area contributed by atoms with Crippen molar-refractivity contribution < 1.29 is 22.6 Å². The Kier molecular flexibility index (Phi) is 3.24. The summed E-state index contributed by atoms with van der Waals surface area (Å²) in [5.74, 6) is -1.43. The van der Waals surface area contributed by atoms with Gasteiger partial charge in [0.2, 0.25) is 5.76 Å². The summed E-state index contributed by atoms with van der Waals surface area (Å²) < 4.78 is 46.1. The van der Waals surface area contributed by atoms with Gasteiger partial charge in [0.15, 0.2) is 5.69 Å². The fourth-order valence-electron chi connectivity index (χ4n) is 3.06. The standard InChI is InChI=1S/C15H13F3N2O3/c1-8-3-5-10(6-4-8)14(15(16,17)18)7-11(14)13-12(20(21)22)9(2)19-23-13/h3-6,11H,7H2,1-2H3/t11-,14-/m1/s1. The van der Waals surface area contributed by atoms with E-state index >= 15 is 0 Å². The number of nitro groups is 1. The van der Waals surface area contributed by atoms with Crippen molar-refractivity contribution in [1.29, 1.82) is 0 Å². The van der Waals surface area contributed by atoms with Crippen LogP contribution in [0.15, 0.2) is 28.8 Å². The van der Waals surface area contributed by atoms with Gasteiger partial charge in [0.25, 0.3) is 0 Å². The predicted octanol–water partition coefficient (Wildman–Crippen LogP) is 4.19. The third-order valence-electron chi connectivity index (χ3n) is 4.39. The number of aromatic nitrogens is 1. The van der Waals surface area contributed by atoms with Crippen LogP contribution in [-0.4, -0.2) is 16.3 Å². The number of halogens is 3. The second-order valence-corrected chi connectivity index (χ2v) is 5.83. The fraction of sp³-hybridized carbons (Fsp3) is 0.400. The van der Waals surface area contributed by atoms with Crippen LogP contribution in [0.4, 0.5) is 18.9 Å². The van der Waals surface area contributed by atoms with Crippen LogP contribution in [0.25, 0.3) is 0 Å². The molecule has 1 aromatic carbocycles. The lowest BCUT2D eigenvalue weighted by atomic mass is 9.91. The molecule has 1 aliphatic carbocycles. The predicted molar refractivity (Wildman–Crippen MR) is 74.2 cm³/mol. The number of hydrogen-bond acceptors (Lipinski definition) is 4. The molecule has 1 saturated carbocycles. The van der Waals surface area contributed by atoms with Crippen LogP contribution >= 0.6 is 0 Å². The minimum atomic E-state index is -4.54. The first-order valence-electron chi connectivity index (χ1n) is 6.93. The molecular formula is C15H13F3N2O3. The third kappa shape index (κ3) is 2.20. The first-order valence-corrected chi connectivity index (χ1v) is 6.93. The van der Waals surface area contributed by atoms with Crippen molar-refractivity contribution in [3.8, 4) is 0 Å². The van der Waals surface area contributed by atoms with Crippen LogP contribution in [0, 0.1) is 24.0 Å². The van der Waals surface area contributed by atoms with E-state index in [1.165, 1.54) is 19.1 Å². The molecule has 5 nitrogen and oxygen atoms in total. The highest BCUT2D eigenvalue weighted by Gasteiger charge is 2.74. The molecular weight excluding hydrogens is 313 g/mol. The van der Waals surface area contributed by atoms with Gasteiger partial charge in [0.1, 0.15) is 5.41 Å². The van der Waals surface area contributed by atoms with Gasteiger partial charge in [-0.2, -0.15) is 13.2 Å². The molecule has 0 saturated heterocycles. The Morgan fingerprint density at radius 2 is 1.91 bits per heavy atom. The monoisotopic (exact) mass is 326 g/mol. The number of hydrogen-bond donors (Lipinski definition) is 0. The van der Waals surface area contributed by atoms with Crippen molar-refractivity contribution in [1.82, 2.24) is 5.16 Å². The lowest BCUT2D eigenvalue weighted by Crippen LogP contribution is -2.30. The SMILES string of the molecule is Cc1ccc([C@]2(C(F)(F)F)C[C@@H]2c2onc(C)c2[N+](=O)[O-])cc1. The van der Waals surface area contributed by atoms with E-state index in [2.05, 4.69) is 5.16 Å². The van der Waals surface area contributed by atoms with Crippen molar-refractivity contribution >= 4 is 5.69 Å². The largest absolute Gasteiger partial charge is 0.399 e. The van der Waals surface area contributed by atoms with Crippen LogP contribution in [0.3, 0.4) is 0 Å². The van der Waals surface area contributed by atoms with Gasteiger partial charge in [-0.05, 0) is 25.8 Å². The van der Waals surface area contributed by atoms with Crippen LogP contribution in [0.2, 0.25) is 0 Å². The van der Waals surface area contributed by atoms with Crippen LogP contribution in [-0.2, 0) is 5.41 Å². The number of nitrogens with zero attached hydrogens (tertiary/aromatic N) is 2. The topological polar surface area (TPSA) is 69.2 Å². The van der Waals surface area contributed by atoms with E-state index in [0.29, 0.717) is 0 Å². The first-order chi connectivity index (χ1) is 10.7. The normalized spacial score (nSPS) is 23.8. The average Bonchev–Trinajstić information content (AvgIpc) is 3.10. The fourth-order valence-corrected chi connectivity index (χ4v) is 3.06. The van der Waals surface area contributed by atoms with Gasteiger partial charge in [0.05, 0.1) is 4.92 Å². The lowest BCUT2D eigenvalue weighted by Gasteiger charge is -2.21. The zero-order valence-electron chi connectivity index (χ0n) is 12.3. The second-order valence-electron chi connectivity index (χ2n) is 5.83. The Morgan fingerprint density at radius 3 is 2.43 bits per heavy atom. The molecule has 0 N–H and O–H groups in total. The summed E-state index contributed by atoms with van der Waals surface area (Å²) in [5, 5.41) is 14.6. The van der Waals surface area contributed by atoms with E-state index < -0.39 is 28.1 Å². The Bertz CT molecular complexity index is 767. The van der Waals surface area contributed by atoms with Crippen molar-refractivity contribution in [3.63, 3.8) is 0 Å². The molecule has 3 rings (SSSR count). The highest BCUT2D eigenvalue weighted by Crippen LogP contribution is 2.69. The molecule has 2 aromatic rings. The Balaban J connectivity index is 2.10.